The van der Waals surface area contributed by atoms with E-state index in [2.05, 4.69) is 5.32 Å². The second-order valence-corrected chi connectivity index (χ2v) is 6.70. The van der Waals surface area contributed by atoms with Crippen LogP contribution < -0.4 is 5.32 Å². The molecule has 1 aliphatic heterocycles. The molecule has 0 aromatic carbocycles. The highest BCUT2D eigenvalue weighted by atomic mass is 16.4. The van der Waals surface area contributed by atoms with Gasteiger partial charge in [0, 0.05) is 19.1 Å². The van der Waals surface area contributed by atoms with Crippen LogP contribution >= 0.6 is 0 Å². The Hall–Kier alpha value is -1.26. The van der Waals surface area contributed by atoms with E-state index < -0.39 is 11.9 Å². The molecule has 0 aromatic rings. The van der Waals surface area contributed by atoms with Crippen LogP contribution in [0, 0.1) is 11.8 Å². The minimum atomic E-state index is -0.796. The summed E-state index contributed by atoms with van der Waals surface area (Å²) in [4.78, 5) is 24.6. The second kappa shape index (κ2) is 7.66. The normalized spacial score (nSPS) is 24.8. The van der Waals surface area contributed by atoms with Gasteiger partial charge in [-0.2, -0.15) is 0 Å². The molecule has 1 aliphatic carbocycles. The lowest BCUT2D eigenvalue weighted by Gasteiger charge is -2.24. The van der Waals surface area contributed by atoms with Crippen molar-refractivity contribution in [3.05, 3.63) is 0 Å². The largest absolute Gasteiger partial charge is 0.481 e. The molecule has 2 aliphatic rings. The summed E-state index contributed by atoms with van der Waals surface area (Å²) >= 11 is 0. The van der Waals surface area contributed by atoms with Gasteiger partial charge in [-0.25, -0.2) is 4.79 Å². The molecule has 0 aromatic heterocycles. The molecule has 2 amide bonds. The summed E-state index contributed by atoms with van der Waals surface area (Å²) in [5.41, 5.74) is 0. The third-order valence-electron chi connectivity index (χ3n) is 4.93. The number of carboxylic acids is 1. The van der Waals surface area contributed by atoms with E-state index in [1.54, 1.807) is 4.90 Å². The van der Waals surface area contributed by atoms with Crippen molar-refractivity contribution in [2.45, 2.75) is 64.3 Å². The maximum Gasteiger partial charge on any atom is 0.317 e. The van der Waals surface area contributed by atoms with Crippen molar-refractivity contribution in [2.24, 2.45) is 11.8 Å². The lowest BCUT2D eigenvalue weighted by molar-refractivity contribution is -0.141. The molecule has 21 heavy (non-hydrogen) atoms. The van der Waals surface area contributed by atoms with Crippen LogP contribution in [0.3, 0.4) is 0 Å². The second-order valence-electron chi connectivity index (χ2n) is 6.70. The monoisotopic (exact) mass is 296 g/mol. The molecule has 1 heterocycles. The van der Waals surface area contributed by atoms with Crippen molar-refractivity contribution in [1.82, 2.24) is 10.2 Å². The van der Waals surface area contributed by atoms with E-state index in [0.29, 0.717) is 19.5 Å². The molecule has 2 atom stereocenters. The van der Waals surface area contributed by atoms with Crippen molar-refractivity contribution < 1.29 is 14.7 Å². The lowest BCUT2D eigenvalue weighted by Crippen LogP contribution is -2.43. The summed E-state index contributed by atoms with van der Waals surface area (Å²) in [6.07, 6.45) is 9.55. The Morgan fingerprint density at radius 2 is 1.95 bits per heavy atom. The van der Waals surface area contributed by atoms with Crippen LogP contribution in [0.2, 0.25) is 0 Å². The van der Waals surface area contributed by atoms with Crippen LogP contribution in [0.15, 0.2) is 0 Å². The van der Waals surface area contributed by atoms with E-state index in [1.165, 1.54) is 38.5 Å². The minimum Gasteiger partial charge on any atom is -0.481 e. The highest BCUT2D eigenvalue weighted by molar-refractivity contribution is 5.77. The van der Waals surface area contributed by atoms with Crippen molar-refractivity contribution in [3.63, 3.8) is 0 Å². The van der Waals surface area contributed by atoms with Crippen LogP contribution in [-0.4, -0.2) is 41.1 Å². The Balaban J connectivity index is 1.66. The van der Waals surface area contributed by atoms with Gasteiger partial charge in [0.25, 0.3) is 0 Å². The molecule has 5 heteroatoms. The molecule has 120 valence electrons. The van der Waals surface area contributed by atoms with Gasteiger partial charge in [0.1, 0.15) is 0 Å². The molecule has 0 spiro atoms. The smallest absolute Gasteiger partial charge is 0.317 e. The third-order valence-corrected chi connectivity index (χ3v) is 4.93. The van der Waals surface area contributed by atoms with Crippen molar-refractivity contribution in [1.29, 1.82) is 0 Å². The fourth-order valence-electron chi connectivity index (χ4n) is 3.48. The number of hydrogen-bond donors (Lipinski definition) is 2. The summed E-state index contributed by atoms with van der Waals surface area (Å²) < 4.78 is 0. The Morgan fingerprint density at radius 1 is 1.24 bits per heavy atom. The first-order valence-electron chi connectivity index (χ1n) is 8.34. The molecule has 1 saturated carbocycles. The highest BCUT2D eigenvalue weighted by Crippen LogP contribution is 2.27. The Morgan fingerprint density at radius 3 is 2.57 bits per heavy atom. The summed E-state index contributed by atoms with van der Waals surface area (Å²) in [6.45, 7) is 2.94. The number of aliphatic carboxylic acids is 1. The average molecular weight is 296 g/mol. The van der Waals surface area contributed by atoms with Gasteiger partial charge in [0.2, 0.25) is 0 Å². The molecular formula is C16H28N2O3. The predicted molar refractivity (Wildman–Crippen MR) is 81.1 cm³/mol. The maximum atomic E-state index is 12.1. The summed E-state index contributed by atoms with van der Waals surface area (Å²) in [5.74, 6) is -0.356. The molecule has 0 radical (unpaired) electrons. The highest BCUT2D eigenvalue weighted by Gasteiger charge is 2.31. The number of nitrogens with zero attached hydrogens (tertiary/aromatic N) is 1. The first kappa shape index (κ1) is 16.1. The zero-order valence-electron chi connectivity index (χ0n) is 13.0. The molecule has 2 fully saturated rings. The van der Waals surface area contributed by atoms with Gasteiger partial charge >= 0.3 is 12.0 Å². The zero-order valence-corrected chi connectivity index (χ0v) is 13.0. The number of urea groups is 1. The fraction of sp³-hybridized carbons (Fsp3) is 0.875. The number of rotatable bonds is 5. The Bertz CT molecular complexity index is 367. The molecule has 2 unspecified atom stereocenters. The standard InChI is InChI=1S/C16H28N2O3/c1-12(7-8-13-5-3-2-4-6-13)17-16(21)18-10-9-14(11-18)15(19)20/h12-14H,2-11H2,1H3,(H,17,21)(H,19,20). The van der Waals surface area contributed by atoms with E-state index in [9.17, 15) is 9.59 Å². The zero-order chi connectivity index (χ0) is 15.2. The molecule has 0 bridgehead atoms. The van der Waals surface area contributed by atoms with Crippen molar-refractivity contribution in [3.8, 4) is 0 Å². The van der Waals surface area contributed by atoms with Crippen LogP contribution in [0.4, 0.5) is 4.79 Å². The topological polar surface area (TPSA) is 69.6 Å². The maximum absolute atomic E-state index is 12.1. The van der Waals surface area contributed by atoms with Crippen molar-refractivity contribution in [2.75, 3.05) is 13.1 Å². The predicted octanol–water partition coefficient (Wildman–Crippen LogP) is 2.85. The number of nitrogens with one attached hydrogen (secondary N) is 1. The summed E-state index contributed by atoms with van der Waals surface area (Å²) in [7, 11) is 0. The molecule has 5 nitrogen and oxygen atoms in total. The van der Waals surface area contributed by atoms with Crippen LogP contribution in [0.5, 0.6) is 0 Å². The van der Waals surface area contributed by atoms with Gasteiger partial charge in [0.05, 0.1) is 5.92 Å². The van der Waals surface area contributed by atoms with Crippen molar-refractivity contribution >= 4 is 12.0 Å². The van der Waals surface area contributed by atoms with Gasteiger partial charge in [-0.05, 0) is 32.1 Å². The van der Waals surface area contributed by atoms with Gasteiger partial charge < -0.3 is 15.3 Å². The van der Waals surface area contributed by atoms with Gasteiger partial charge in [-0.15, -0.1) is 0 Å². The summed E-state index contributed by atoms with van der Waals surface area (Å²) in [5, 5.41) is 12.0. The Labute approximate surface area is 127 Å². The first-order valence-corrected chi connectivity index (χ1v) is 8.34. The van der Waals surface area contributed by atoms with Crippen LogP contribution in [0.25, 0.3) is 0 Å². The lowest BCUT2D eigenvalue weighted by atomic mass is 9.85. The van der Waals surface area contributed by atoms with Gasteiger partial charge in [-0.1, -0.05) is 32.1 Å². The Kier molecular flexibility index (Phi) is 5.88. The molecule has 2 N–H and O–H groups in total. The van der Waals surface area contributed by atoms with Crippen LogP contribution in [0.1, 0.15) is 58.3 Å². The average Bonchev–Trinajstić information content (AvgIpc) is 2.96. The number of amides is 2. The minimum absolute atomic E-state index is 0.102. The molecule has 1 saturated heterocycles. The quantitative estimate of drug-likeness (QED) is 0.819. The summed E-state index contributed by atoms with van der Waals surface area (Å²) in [6, 6.07) is 0.0678. The van der Waals surface area contributed by atoms with E-state index in [1.807, 2.05) is 6.92 Å². The SMILES string of the molecule is CC(CCC1CCCCC1)NC(=O)N1CCC(C(=O)O)C1. The number of hydrogen-bond acceptors (Lipinski definition) is 2. The van der Waals surface area contributed by atoms with Gasteiger partial charge in [-0.3, -0.25) is 4.79 Å². The van der Waals surface area contributed by atoms with E-state index >= 15 is 0 Å². The number of carboxylic acid groups (broad SMARTS) is 1. The number of carbonyl (C=O) groups is 2. The molecular weight excluding hydrogens is 268 g/mol. The van der Waals surface area contributed by atoms with E-state index in [0.717, 1.165) is 12.3 Å². The van der Waals surface area contributed by atoms with E-state index in [4.69, 9.17) is 5.11 Å². The van der Waals surface area contributed by atoms with E-state index in [-0.39, 0.29) is 12.1 Å². The fourth-order valence-corrected chi connectivity index (χ4v) is 3.48. The van der Waals surface area contributed by atoms with Gasteiger partial charge in [0.15, 0.2) is 0 Å². The van der Waals surface area contributed by atoms with Crippen LogP contribution in [-0.2, 0) is 4.79 Å². The third kappa shape index (κ3) is 4.90. The number of likely N-dealkylation sites (tertiary alicyclic amines) is 1. The first-order chi connectivity index (χ1) is 10.1. The number of carbonyl (C=O) groups excluding carboxylic acids is 1. The molecule has 2 rings (SSSR count).